The minimum absolute atomic E-state index is 0.00413. The number of rotatable bonds is 9. The lowest BCUT2D eigenvalue weighted by Gasteiger charge is -2.07. The summed E-state index contributed by atoms with van der Waals surface area (Å²) in [5.74, 6) is -1.56. The molecule has 7 nitrogen and oxygen atoms in total. The van der Waals surface area contributed by atoms with E-state index in [-0.39, 0.29) is 24.6 Å². The molecule has 8 heteroatoms. The third-order valence-electron chi connectivity index (χ3n) is 3.68. The van der Waals surface area contributed by atoms with Crippen molar-refractivity contribution in [3.8, 4) is 5.75 Å². The third-order valence-corrected chi connectivity index (χ3v) is 3.68. The van der Waals surface area contributed by atoms with E-state index in [2.05, 4.69) is 10.6 Å². The summed E-state index contributed by atoms with van der Waals surface area (Å²) in [4.78, 5) is 35.0. The topological polar surface area (TPSA) is 93.7 Å². The monoisotopic (exact) mass is 400 g/mol. The van der Waals surface area contributed by atoms with Gasteiger partial charge in [-0.3, -0.25) is 14.4 Å². The molecule has 0 saturated heterocycles. The summed E-state index contributed by atoms with van der Waals surface area (Å²) >= 11 is 0. The molecule has 0 heterocycles. The number of halogens is 1. The highest BCUT2D eigenvalue weighted by molar-refractivity contribution is 5.93. The Hall–Kier alpha value is -3.68. The molecule has 152 valence electrons. The van der Waals surface area contributed by atoms with E-state index in [1.807, 2.05) is 0 Å². The molecule has 2 rings (SSSR count). The highest BCUT2D eigenvalue weighted by Gasteiger charge is 2.10. The van der Waals surface area contributed by atoms with Gasteiger partial charge in [0.15, 0.2) is 6.61 Å². The van der Waals surface area contributed by atoms with E-state index in [9.17, 15) is 18.8 Å². The maximum atomic E-state index is 13.4. The molecule has 0 radical (unpaired) electrons. The van der Waals surface area contributed by atoms with Gasteiger partial charge in [0.25, 0.3) is 5.91 Å². The number of hydrogen-bond acceptors (Lipinski definition) is 5. The zero-order chi connectivity index (χ0) is 21.1. The number of hydrogen-bond donors (Lipinski definition) is 2. The van der Waals surface area contributed by atoms with E-state index in [0.29, 0.717) is 5.75 Å². The number of ether oxygens (including phenoxy) is 2. The van der Waals surface area contributed by atoms with Gasteiger partial charge in [0.05, 0.1) is 19.2 Å². The Balaban J connectivity index is 1.64. The van der Waals surface area contributed by atoms with Crippen LogP contribution in [0.1, 0.15) is 12.0 Å². The molecule has 0 aromatic heterocycles. The van der Waals surface area contributed by atoms with Crippen LogP contribution in [0.15, 0.2) is 54.6 Å². The zero-order valence-electron chi connectivity index (χ0n) is 15.8. The van der Waals surface area contributed by atoms with Gasteiger partial charge in [0, 0.05) is 12.6 Å². The maximum absolute atomic E-state index is 13.4. The van der Waals surface area contributed by atoms with Crippen LogP contribution in [-0.4, -0.2) is 38.0 Å². The van der Waals surface area contributed by atoms with Crippen LogP contribution >= 0.6 is 0 Å². The fraction of sp³-hybridized carbons (Fsp3) is 0.190. The van der Waals surface area contributed by atoms with Crippen LogP contribution in [0.25, 0.3) is 6.08 Å². The first-order valence-electron chi connectivity index (χ1n) is 8.78. The van der Waals surface area contributed by atoms with E-state index >= 15 is 0 Å². The van der Waals surface area contributed by atoms with Gasteiger partial charge in [-0.15, -0.1) is 0 Å². The number of carbonyl (C=O) groups is 3. The van der Waals surface area contributed by atoms with E-state index in [1.165, 1.54) is 24.3 Å². The Morgan fingerprint density at radius 1 is 1.07 bits per heavy atom. The average Bonchev–Trinajstić information content (AvgIpc) is 2.73. The van der Waals surface area contributed by atoms with Crippen LogP contribution in [0.4, 0.5) is 10.1 Å². The summed E-state index contributed by atoms with van der Waals surface area (Å²) in [5, 5.41) is 4.84. The molecule has 2 aromatic rings. The third kappa shape index (κ3) is 7.84. The Labute approximate surface area is 167 Å². The standard InChI is InChI=1S/C21H21FN2O5/c1-28-16-9-6-15(7-10-16)8-11-19(25)23-13-12-21(27)29-14-20(26)24-18-5-3-2-4-17(18)22/h2-11H,12-14H2,1H3,(H,23,25)(H,24,26)/b11-8+. The quantitative estimate of drug-likeness (QED) is 0.498. The fourth-order valence-corrected chi connectivity index (χ4v) is 2.20. The van der Waals surface area contributed by atoms with Crippen LogP contribution < -0.4 is 15.4 Å². The van der Waals surface area contributed by atoms with Crippen molar-refractivity contribution in [3.63, 3.8) is 0 Å². The molecular formula is C21H21FN2O5. The number of para-hydroxylation sites is 1. The summed E-state index contributed by atoms with van der Waals surface area (Å²) in [6.07, 6.45) is 2.87. The lowest BCUT2D eigenvalue weighted by atomic mass is 10.2. The molecule has 0 atom stereocenters. The van der Waals surface area contributed by atoms with Gasteiger partial charge < -0.3 is 20.1 Å². The van der Waals surface area contributed by atoms with E-state index < -0.39 is 24.3 Å². The van der Waals surface area contributed by atoms with Gasteiger partial charge in [-0.1, -0.05) is 24.3 Å². The number of carbonyl (C=O) groups excluding carboxylic acids is 3. The Kier molecular flexibility index (Phi) is 8.37. The Morgan fingerprint density at radius 3 is 2.48 bits per heavy atom. The first kappa shape index (κ1) is 21.6. The van der Waals surface area contributed by atoms with Crippen LogP contribution in [0.5, 0.6) is 5.75 Å². The number of amides is 2. The van der Waals surface area contributed by atoms with E-state index in [0.717, 1.165) is 5.56 Å². The van der Waals surface area contributed by atoms with Crippen molar-refractivity contribution in [1.29, 1.82) is 0 Å². The van der Waals surface area contributed by atoms with Crippen molar-refractivity contribution in [1.82, 2.24) is 5.32 Å². The second-order valence-corrected chi connectivity index (χ2v) is 5.84. The Bertz CT molecular complexity index is 881. The molecule has 0 bridgehead atoms. The first-order chi connectivity index (χ1) is 14.0. The molecule has 2 amide bonds. The largest absolute Gasteiger partial charge is 0.497 e. The number of esters is 1. The van der Waals surface area contributed by atoms with Crippen molar-refractivity contribution in [3.05, 3.63) is 66.0 Å². The number of benzene rings is 2. The zero-order valence-corrected chi connectivity index (χ0v) is 15.8. The molecule has 0 spiro atoms. The maximum Gasteiger partial charge on any atom is 0.308 e. The van der Waals surface area contributed by atoms with Crippen molar-refractivity contribution in [2.24, 2.45) is 0 Å². The molecule has 2 aromatic carbocycles. The molecule has 29 heavy (non-hydrogen) atoms. The average molecular weight is 400 g/mol. The molecule has 0 aliphatic carbocycles. The smallest absolute Gasteiger partial charge is 0.308 e. The number of anilines is 1. The SMILES string of the molecule is COc1ccc(/C=C/C(=O)NCCC(=O)OCC(=O)Nc2ccccc2F)cc1. The molecule has 0 aliphatic rings. The predicted octanol–water partition coefficient (Wildman–Crippen LogP) is 2.54. The van der Waals surface area contributed by atoms with E-state index in [4.69, 9.17) is 9.47 Å². The first-order valence-corrected chi connectivity index (χ1v) is 8.78. The number of nitrogens with one attached hydrogen (secondary N) is 2. The molecule has 2 N–H and O–H groups in total. The van der Waals surface area contributed by atoms with Crippen molar-refractivity contribution in [2.45, 2.75) is 6.42 Å². The van der Waals surface area contributed by atoms with Crippen LogP contribution in [0, 0.1) is 5.82 Å². The highest BCUT2D eigenvalue weighted by Crippen LogP contribution is 2.12. The summed E-state index contributed by atoms with van der Waals surface area (Å²) in [5.41, 5.74) is 0.825. The predicted molar refractivity (Wildman–Crippen MR) is 106 cm³/mol. The second kappa shape index (κ2) is 11.2. The van der Waals surface area contributed by atoms with Gasteiger partial charge in [-0.05, 0) is 35.9 Å². The van der Waals surface area contributed by atoms with Gasteiger partial charge in [0.2, 0.25) is 5.91 Å². The summed E-state index contributed by atoms with van der Waals surface area (Å²) < 4.78 is 23.3. The van der Waals surface area contributed by atoms with Gasteiger partial charge in [-0.2, -0.15) is 0 Å². The van der Waals surface area contributed by atoms with Crippen LogP contribution in [0.3, 0.4) is 0 Å². The summed E-state index contributed by atoms with van der Waals surface area (Å²) in [6.45, 7) is -0.488. The van der Waals surface area contributed by atoms with Crippen molar-refractivity contribution < 1.29 is 28.2 Å². The summed E-state index contributed by atoms with van der Waals surface area (Å²) in [7, 11) is 1.57. The lowest BCUT2D eigenvalue weighted by Crippen LogP contribution is -2.26. The van der Waals surface area contributed by atoms with Gasteiger partial charge in [-0.25, -0.2) is 4.39 Å². The molecular weight excluding hydrogens is 379 g/mol. The second-order valence-electron chi connectivity index (χ2n) is 5.84. The molecule has 0 unspecified atom stereocenters. The van der Waals surface area contributed by atoms with Crippen molar-refractivity contribution in [2.75, 3.05) is 25.6 Å². The lowest BCUT2D eigenvalue weighted by molar-refractivity contribution is -0.147. The normalized spacial score (nSPS) is 10.4. The molecule has 0 aliphatic heterocycles. The van der Waals surface area contributed by atoms with E-state index in [1.54, 1.807) is 43.5 Å². The molecule has 0 saturated carbocycles. The van der Waals surface area contributed by atoms with Gasteiger partial charge >= 0.3 is 5.97 Å². The summed E-state index contributed by atoms with van der Waals surface area (Å²) in [6, 6.07) is 12.8. The number of methoxy groups -OCH3 is 1. The fourth-order valence-electron chi connectivity index (χ4n) is 2.20. The Morgan fingerprint density at radius 2 is 1.79 bits per heavy atom. The minimum atomic E-state index is -0.659. The molecule has 0 fully saturated rings. The minimum Gasteiger partial charge on any atom is -0.497 e. The van der Waals surface area contributed by atoms with Gasteiger partial charge in [0.1, 0.15) is 11.6 Å². The highest BCUT2D eigenvalue weighted by atomic mass is 19.1. The van der Waals surface area contributed by atoms with Crippen LogP contribution in [0.2, 0.25) is 0 Å². The van der Waals surface area contributed by atoms with Crippen LogP contribution in [-0.2, 0) is 19.1 Å². The van der Waals surface area contributed by atoms with Crippen molar-refractivity contribution >= 4 is 29.5 Å².